The van der Waals surface area contributed by atoms with Crippen LogP contribution in [-0.2, 0) is 16.9 Å². The highest BCUT2D eigenvalue weighted by Crippen LogP contribution is 2.45. The molecular weight excluding hydrogens is 456 g/mol. The Morgan fingerprint density at radius 2 is 1.78 bits per heavy atom. The first kappa shape index (κ1) is 25.2. The van der Waals surface area contributed by atoms with Gasteiger partial charge in [0.1, 0.15) is 5.75 Å². The molecule has 36 heavy (non-hydrogen) atoms. The normalized spacial score (nSPS) is 17.8. The smallest absolute Gasteiger partial charge is 0.264 e. The number of rotatable bonds is 9. The summed E-state index contributed by atoms with van der Waals surface area (Å²) < 4.78 is 5.12. The number of carbonyl (C=O) groups excluding carboxylic acids is 2. The second-order valence-electron chi connectivity index (χ2n) is 8.78. The zero-order chi connectivity index (χ0) is 25.7. The highest BCUT2D eigenvalue weighted by atomic mass is 16.5. The molecule has 3 aromatic rings. The van der Waals surface area contributed by atoms with E-state index in [0.29, 0.717) is 34.7 Å². The molecule has 0 fully saturated rings. The Morgan fingerprint density at radius 3 is 2.44 bits per heavy atom. The molecular formula is C29H30N2O5. The van der Waals surface area contributed by atoms with Crippen molar-refractivity contribution in [1.82, 2.24) is 0 Å². The maximum Gasteiger partial charge on any atom is 0.264 e. The summed E-state index contributed by atoms with van der Waals surface area (Å²) in [5, 5.41) is 23.5. The van der Waals surface area contributed by atoms with E-state index in [1.54, 1.807) is 73.6 Å². The number of ether oxygens (including phenoxy) is 1. The topological polar surface area (TPSA) is 99.1 Å². The molecule has 4 rings (SSSR count). The number of nitrogens with zero attached hydrogens (tertiary/aromatic N) is 1. The summed E-state index contributed by atoms with van der Waals surface area (Å²) >= 11 is 0. The predicted molar refractivity (Wildman–Crippen MR) is 139 cm³/mol. The molecule has 0 spiro atoms. The van der Waals surface area contributed by atoms with Crippen molar-refractivity contribution in [2.45, 2.75) is 25.5 Å². The number of carbonyl (C=O) groups is 2. The van der Waals surface area contributed by atoms with E-state index in [1.165, 1.54) is 0 Å². The number of aliphatic hydroxyl groups is 2. The van der Waals surface area contributed by atoms with Crippen LogP contribution < -0.4 is 15.0 Å². The molecule has 1 heterocycles. The summed E-state index contributed by atoms with van der Waals surface area (Å²) in [5.74, 6) is -0.418. The van der Waals surface area contributed by atoms with Crippen LogP contribution in [0, 0.1) is 5.92 Å². The lowest BCUT2D eigenvalue weighted by Crippen LogP contribution is -2.44. The van der Waals surface area contributed by atoms with Crippen LogP contribution in [0.3, 0.4) is 0 Å². The van der Waals surface area contributed by atoms with Gasteiger partial charge in [-0.1, -0.05) is 49.4 Å². The SMILES string of the molecule is COc1ccc(C(=O)Nc2ccc(CN3C(=O)[C@@](O)([C@@H](C)/C=C/CCO)c4ccccc43)cc2)cc1. The molecule has 0 aliphatic carbocycles. The zero-order valence-electron chi connectivity index (χ0n) is 20.3. The number of hydrogen-bond donors (Lipinski definition) is 3. The molecule has 186 valence electrons. The van der Waals surface area contributed by atoms with Crippen molar-refractivity contribution in [2.75, 3.05) is 23.9 Å². The second kappa shape index (κ2) is 10.8. The minimum Gasteiger partial charge on any atom is -0.497 e. The minimum atomic E-state index is -1.69. The van der Waals surface area contributed by atoms with Gasteiger partial charge in [0.15, 0.2) is 5.60 Å². The van der Waals surface area contributed by atoms with Crippen molar-refractivity contribution in [2.24, 2.45) is 5.92 Å². The van der Waals surface area contributed by atoms with Gasteiger partial charge in [0.25, 0.3) is 11.8 Å². The van der Waals surface area contributed by atoms with Crippen LogP contribution >= 0.6 is 0 Å². The van der Waals surface area contributed by atoms with Crippen molar-refractivity contribution in [1.29, 1.82) is 0 Å². The monoisotopic (exact) mass is 486 g/mol. The number of anilines is 2. The number of methoxy groups -OCH3 is 1. The van der Waals surface area contributed by atoms with Crippen molar-refractivity contribution < 1.29 is 24.5 Å². The van der Waals surface area contributed by atoms with Gasteiger partial charge in [-0.15, -0.1) is 0 Å². The summed E-state index contributed by atoms with van der Waals surface area (Å²) in [5.41, 5.74) is 1.55. The Labute approximate surface area is 210 Å². The van der Waals surface area contributed by atoms with E-state index < -0.39 is 11.5 Å². The molecule has 0 aromatic heterocycles. The fourth-order valence-corrected chi connectivity index (χ4v) is 4.39. The molecule has 7 nitrogen and oxygen atoms in total. The maximum atomic E-state index is 13.5. The number of amides is 2. The molecule has 0 saturated heterocycles. The van der Waals surface area contributed by atoms with E-state index in [9.17, 15) is 14.7 Å². The third kappa shape index (κ3) is 4.89. The highest BCUT2D eigenvalue weighted by Gasteiger charge is 2.52. The quantitative estimate of drug-likeness (QED) is 0.393. The maximum absolute atomic E-state index is 13.5. The average Bonchev–Trinajstić information content (AvgIpc) is 3.12. The van der Waals surface area contributed by atoms with E-state index in [-0.39, 0.29) is 25.0 Å². The van der Waals surface area contributed by atoms with Gasteiger partial charge < -0.3 is 25.2 Å². The standard InChI is InChI=1S/C29H30N2O5/c1-20(7-5-6-18-32)29(35)25-8-3-4-9-26(25)31(28(29)34)19-21-10-14-23(15-11-21)30-27(33)22-12-16-24(36-2)17-13-22/h3-5,7-17,20,32,35H,6,18-19H2,1-2H3,(H,30,33)/b7-5+/t20-,29+/m0/s1. The summed E-state index contributed by atoms with van der Waals surface area (Å²) in [7, 11) is 1.57. The van der Waals surface area contributed by atoms with Gasteiger partial charge in [0, 0.05) is 29.3 Å². The zero-order valence-corrected chi connectivity index (χ0v) is 20.3. The Bertz CT molecular complexity index is 1250. The fraction of sp³-hybridized carbons (Fsp3) is 0.241. The van der Waals surface area contributed by atoms with Crippen LogP contribution in [0.2, 0.25) is 0 Å². The molecule has 3 aromatic carbocycles. The van der Waals surface area contributed by atoms with Crippen LogP contribution in [0.25, 0.3) is 0 Å². The number of hydrogen-bond acceptors (Lipinski definition) is 5. The Kier molecular flexibility index (Phi) is 7.52. The van der Waals surface area contributed by atoms with Crippen molar-refractivity contribution in [3.05, 3.63) is 102 Å². The highest BCUT2D eigenvalue weighted by molar-refractivity contribution is 6.07. The first-order valence-corrected chi connectivity index (χ1v) is 11.8. The van der Waals surface area contributed by atoms with Crippen LogP contribution in [0.1, 0.15) is 34.8 Å². The summed E-state index contributed by atoms with van der Waals surface area (Å²) in [6.45, 7) is 2.08. The van der Waals surface area contributed by atoms with E-state index in [0.717, 1.165) is 5.56 Å². The Balaban J connectivity index is 1.49. The van der Waals surface area contributed by atoms with E-state index in [4.69, 9.17) is 9.84 Å². The molecule has 0 radical (unpaired) electrons. The number of fused-ring (bicyclic) bond motifs is 1. The molecule has 0 bridgehead atoms. The molecule has 2 atom stereocenters. The first-order chi connectivity index (χ1) is 17.4. The lowest BCUT2D eigenvalue weighted by Gasteiger charge is -2.27. The van der Waals surface area contributed by atoms with E-state index in [2.05, 4.69) is 5.32 Å². The first-order valence-electron chi connectivity index (χ1n) is 11.8. The Morgan fingerprint density at radius 1 is 1.08 bits per heavy atom. The molecule has 0 saturated carbocycles. The van der Waals surface area contributed by atoms with Gasteiger partial charge in [-0.25, -0.2) is 0 Å². The number of benzene rings is 3. The largest absolute Gasteiger partial charge is 0.497 e. The third-order valence-corrected chi connectivity index (χ3v) is 6.46. The lowest BCUT2D eigenvalue weighted by atomic mass is 9.83. The number of nitrogens with one attached hydrogen (secondary N) is 1. The summed E-state index contributed by atoms with van der Waals surface area (Å²) in [6.07, 6.45) is 4.01. The van der Waals surface area contributed by atoms with Crippen LogP contribution in [0.15, 0.2) is 84.9 Å². The van der Waals surface area contributed by atoms with Gasteiger partial charge in [-0.3, -0.25) is 9.59 Å². The average molecular weight is 487 g/mol. The predicted octanol–water partition coefficient (Wildman–Crippen LogP) is 4.26. The molecule has 1 aliphatic heterocycles. The van der Waals surface area contributed by atoms with Crippen molar-refractivity contribution in [3.8, 4) is 5.75 Å². The second-order valence-corrected chi connectivity index (χ2v) is 8.78. The van der Waals surface area contributed by atoms with Crippen LogP contribution in [0.4, 0.5) is 11.4 Å². The van der Waals surface area contributed by atoms with E-state index in [1.807, 2.05) is 30.3 Å². The van der Waals surface area contributed by atoms with Crippen molar-refractivity contribution >= 4 is 23.2 Å². The summed E-state index contributed by atoms with van der Waals surface area (Å²) in [4.78, 5) is 27.6. The molecule has 7 heteroatoms. The van der Waals surface area contributed by atoms with Gasteiger partial charge >= 0.3 is 0 Å². The van der Waals surface area contributed by atoms with Gasteiger partial charge in [-0.05, 0) is 54.4 Å². The molecule has 1 aliphatic rings. The van der Waals surface area contributed by atoms with Crippen LogP contribution in [0.5, 0.6) is 5.75 Å². The number of para-hydroxylation sites is 1. The molecule has 3 N–H and O–H groups in total. The van der Waals surface area contributed by atoms with Gasteiger partial charge in [-0.2, -0.15) is 0 Å². The fourth-order valence-electron chi connectivity index (χ4n) is 4.39. The van der Waals surface area contributed by atoms with Crippen LogP contribution in [-0.4, -0.2) is 35.7 Å². The molecule has 2 amide bonds. The number of aliphatic hydroxyl groups excluding tert-OH is 1. The van der Waals surface area contributed by atoms with Crippen molar-refractivity contribution in [3.63, 3.8) is 0 Å². The van der Waals surface area contributed by atoms with Gasteiger partial charge in [0.05, 0.1) is 19.3 Å². The Hall–Kier alpha value is -3.94. The lowest BCUT2D eigenvalue weighted by molar-refractivity contribution is -0.139. The summed E-state index contributed by atoms with van der Waals surface area (Å²) in [6, 6.07) is 21.4. The van der Waals surface area contributed by atoms with Gasteiger partial charge in [0.2, 0.25) is 0 Å². The molecule has 0 unspecified atom stereocenters. The minimum absolute atomic E-state index is 0.00878. The van der Waals surface area contributed by atoms with E-state index >= 15 is 0 Å². The third-order valence-electron chi connectivity index (χ3n) is 6.46.